The number of nitrogens with zero attached hydrogens (tertiary/aromatic N) is 1. The Morgan fingerprint density at radius 3 is 2.83 bits per heavy atom. The molecule has 3 nitrogen and oxygen atoms in total. The minimum absolute atomic E-state index is 0.718. The maximum atomic E-state index is 5.76. The van der Waals surface area contributed by atoms with Crippen LogP contribution in [0.1, 0.15) is 5.69 Å². The molecule has 0 saturated heterocycles. The van der Waals surface area contributed by atoms with Crippen molar-refractivity contribution in [3.05, 3.63) is 47.5 Å². The summed E-state index contributed by atoms with van der Waals surface area (Å²) >= 11 is 1.73. The van der Waals surface area contributed by atoms with Crippen LogP contribution in [0.25, 0.3) is 10.1 Å². The van der Waals surface area contributed by atoms with Crippen LogP contribution in [-0.4, -0.2) is 4.98 Å². The third kappa shape index (κ3) is 1.91. The third-order valence-electron chi connectivity index (χ3n) is 2.87. The lowest BCUT2D eigenvalue weighted by molar-refractivity contribution is 1.21. The molecule has 2 aromatic heterocycles. The molecule has 90 valence electrons. The Balaban J connectivity index is 1.98. The van der Waals surface area contributed by atoms with Crippen molar-refractivity contribution in [2.75, 3.05) is 11.1 Å². The van der Waals surface area contributed by atoms with Crippen molar-refractivity contribution in [2.24, 2.45) is 0 Å². The van der Waals surface area contributed by atoms with Crippen LogP contribution in [0.4, 0.5) is 17.2 Å². The molecule has 3 aromatic rings. The van der Waals surface area contributed by atoms with Gasteiger partial charge in [-0.3, -0.25) is 0 Å². The molecule has 0 radical (unpaired) electrons. The minimum Gasteiger partial charge on any atom is -0.397 e. The molecule has 2 heterocycles. The van der Waals surface area contributed by atoms with E-state index in [4.69, 9.17) is 5.73 Å². The third-order valence-corrected chi connectivity index (χ3v) is 3.83. The van der Waals surface area contributed by atoms with E-state index in [0.29, 0.717) is 0 Å². The number of hydrogen-bond acceptors (Lipinski definition) is 4. The van der Waals surface area contributed by atoms with Crippen LogP contribution in [0, 0.1) is 6.92 Å². The highest BCUT2D eigenvalue weighted by Gasteiger charge is 2.04. The predicted molar refractivity (Wildman–Crippen MR) is 78.5 cm³/mol. The molecule has 0 atom stereocenters. The summed E-state index contributed by atoms with van der Waals surface area (Å²) in [6.45, 7) is 1.91. The highest BCUT2D eigenvalue weighted by atomic mass is 32.1. The van der Waals surface area contributed by atoms with Crippen LogP contribution in [0.5, 0.6) is 0 Å². The summed E-state index contributed by atoms with van der Waals surface area (Å²) in [5.41, 5.74) is 8.42. The van der Waals surface area contributed by atoms with E-state index in [1.165, 1.54) is 10.1 Å². The number of pyridine rings is 1. The van der Waals surface area contributed by atoms with E-state index in [0.717, 1.165) is 22.9 Å². The van der Waals surface area contributed by atoms with Gasteiger partial charge in [0.25, 0.3) is 0 Å². The molecule has 3 rings (SSSR count). The fourth-order valence-corrected chi connectivity index (χ4v) is 2.75. The van der Waals surface area contributed by atoms with Gasteiger partial charge in [-0.1, -0.05) is 18.2 Å². The zero-order chi connectivity index (χ0) is 12.5. The van der Waals surface area contributed by atoms with Gasteiger partial charge in [-0.2, -0.15) is 0 Å². The van der Waals surface area contributed by atoms with E-state index in [1.54, 1.807) is 11.3 Å². The van der Waals surface area contributed by atoms with E-state index < -0.39 is 0 Å². The zero-order valence-electron chi connectivity index (χ0n) is 9.97. The van der Waals surface area contributed by atoms with Gasteiger partial charge in [0, 0.05) is 15.5 Å². The molecule has 0 fully saturated rings. The average Bonchev–Trinajstić information content (AvgIpc) is 2.78. The van der Waals surface area contributed by atoms with Crippen LogP contribution in [0.3, 0.4) is 0 Å². The number of aryl methyl sites for hydroxylation is 1. The molecule has 0 amide bonds. The standard InChI is InChI=1S/C14H13N3S/c1-9-11(15)6-7-14(16-9)17-12-8-18-13-5-3-2-4-10(12)13/h2-8H,15H2,1H3,(H,16,17). The first kappa shape index (κ1) is 11.0. The van der Waals surface area contributed by atoms with E-state index in [-0.39, 0.29) is 0 Å². The SMILES string of the molecule is Cc1nc(Nc2csc3ccccc23)ccc1N. The van der Waals surface area contributed by atoms with Crippen LogP contribution >= 0.6 is 11.3 Å². The van der Waals surface area contributed by atoms with Crippen molar-refractivity contribution >= 4 is 38.6 Å². The number of nitrogens with one attached hydrogen (secondary N) is 1. The summed E-state index contributed by atoms with van der Waals surface area (Å²) in [5.74, 6) is 0.824. The predicted octanol–water partition coefficient (Wildman–Crippen LogP) is 3.93. The zero-order valence-corrected chi connectivity index (χ0v) is 10.8. The smallest absolute Gasteiger partial charge is 0.130 e. The summed E-state index contributed by atoms with van der Waals surface area (Å²) in [6, 6.07) is 12.1. The number of fused-ring (bicyclic) bond motifs is 1. The van der Waals surface area contributed by atoms with Crippen LogP contribution in [0.15, 0.2) is 41.8 Å². The minimum atomic E-state index is 0.718. The molecular formula is C14H13N3S. The molecule has 0 aliphatic rings. The molecule has 3 N–H and O–H groups in total. The van der Waals surface area contributed by atoms with Gasteiger partial charge in [0.05, 0.1) is 17.1 Å². The van der Waals surface area contributed by atoms with E-state index in [1.807, 2.05) is 31.2 Å². The second-order valence-electron chi connectivity index (χ2n) is 4.14. The lowest BCUT2D eigenvalue weighted by Crippen LogP contribution is -1.97. The van der Waals surface area contributed by atoms with E-state index >= 15 is 0 Å². The molecule has 0 spiro atoms. The van der Waals surface area contributed by atoms with Crippen molar-refractivity contribution < 1.29 is 0 Å². The molecule has 0 saturated carbocycles. The topological polar surface area (TPSA) is 50.9 Å². The Bertz CT molecular complexity index is 703. The Morgan fingerprint density at radius 1 is 1.17 bits per heavy atom. The first-order chi connectivity index (χ1) is 8.74. The molecular weight excluding hydrogens is 242 g/mol. The van der Waals surface area contributed by atoms with Gasteiger partial charge in [-0.05, 0) is 25.1 Å². The fraction of sp³-hybridized carbons (Fsp3) is 0.0714. The fourth-order valence-electron chi connectivity index (χ4n) is 1.85. The van der Waals surface area contributed by atoms with E-state index in [9.17, 15) is 0 Å². The van der Waals surface area contributed by atoms with Crippen molar-refractivity contribution in [2.45, 2.75) is 6.92 Å². The molecule has 1 aromatic carbocycles. The highest BCUT2D eigenvalue weighted by Crippen LogP contribution is 2.31. The molecule has 0 bridgehead atoms. The second kappa shape index (κ2) is 4.31. The number of nitrogens with two attached hydrogens (primary N) is 1. The summed E-state index contributed by atoms with van der Waals surface area (Å²) in [7, 11) is 0. The van der Waals surface area contributed by atoms with Gasteiger partial charge in [0.1, 0.15) is 5.82 Å². The Morgan fingerprint density at radius 2 is 2.00 bits per heavy atom. The van der Waals surface area contributed by atoms with Gasteiger partial charge in [0.15, 0.2) is 0 Å². The van der Waals surface area contributed by atoms with Crippen LogP contribution in [0.2, 0.25) is 0 Å². The summed E-state index contributed by atoms with van der Waals surface area (Å²) < 4.78 is 1.27. The molecule has 0 aliphatic heterocycles. The number of anilines is 3. The van der Waals surface area contributed by atoms with Gasteiger partial charge < -0.3 is 11.1 Å². The number of hydrogen-bond donors (Lipinski definition) is 2. The summed E-state index contributed by atoms with van der Waals surface area (Å²) in [5, 5.41) is 6.67. The van der Waals surface area contributed by atoms with Gasteiger partial charge >= 0.3 is 0 Å². The van der Waals surface area contributed by atoms with Crippen molar-refractivity contribution in [3.63, 3.8) is 0 Å². The maximum Gasteiger partial charge on any atom is 0.130 e. The van der Waals surface area contributed by atoms with Gasteiger partial charge in [0.2, 0.25) is 0 Å². The monoisotopic (exact) mass is 255 g/mol. The Hall–Kier alpha value is -2.07. The number of nitrogen functional groups attached to an aromatic ring is 1. The first-order valence-electron chi connectivity index (χ1n) is 5.70. The van der Waals surface area contributed by atoms with Crippen molar-refractivity contribution in [1.29, 1.82) is 0 Å². The Labute approximate surface area is 109 Å². The largest absolute Gasteiger partial charge is 0.397 e. The van der Waals surface area contributed by atoms with E-state index in [2.05, 4.69) is 27.8 Å². The summed E-state index contributed by atoms with van der Waals surface area (Å²) in [6.07, 6.45) is 0. The quantitative estimate of drug-likeness (QED) is 0.729. The summed E-state index contributed by atoms with van der Waals surface area (Å²) in [4.78, 5) is 4.42. The number of rotatable bonds is 2. The first-order valence-corrected chi connectivity index (χ1v) is 6.58. The second-order valence-corrected chi connectivity index (χ2v) is 5.05. The highest BCUT2D eigenvalue weighted by molar-refractivity contribution is 7.17. The van der Waals surface area contributed by atoms with Crippen molar-refractivity contribution in [3.8, 4) is 0 Å². The van der Waals surface area contributed by atoms with Crippen LogP contribution in [-0.2, 0) is 0 Å². The molecule has 4 heteroatoms. The van der Waals surface area contributed by atoms with Gasteiger partial charge in [-0.15, -0.1) is 11.3 Å². The molecule has 0 unspecified atom stereocenters. The number of benzene rings is 1. The number of aromatic nitrogens is 1. The lowest BCUT2D eigenvalue weighted by atomic mass is 10.2. The lowest BCUT2D eigenvalue weighted by Gasteiger charge is -2.06. The normalized spacial score (nSPS) is 10.7. The van der Waals surface area contributed by atoms with Crippen LogP contribution < -0.4 is 11.1 Å². The van der Waals surface area contributed by atoms with Gasteiger partial charge in [-0.25, -0.2) is 4.98 Å². The number of thiophene rings is 1. The molecule has 18 heavy (non-hydrogen) atoms. The average molecular weight is 255 g/mol. The maximum absolute atomic E-state index is 5.76. The Kier molecular flexibility index (Phi) is 2.64. The molecule has 0 aliphatic carbocycles. The van der Waals surface area contributed by atoms with Crippen molar-refractivity contribution in [1.82, 2.24) is 4.98 Å².